The molecule has 140 valence electrons. The van der Waals surface area contributed by atoms with Crippen LogP contribution in [0.25, 0.3) is 0 Å². The van der Waals surface area contributed by atoms with E-state index in [1.54, 1.807) is 19.1 Å². The summed E-state index contributed by atoms with van der Waals surface area (Å²) >= 11 is 0. The van der Waals surface area contributed by atoms with Crippen molar-refractivity contribution in [2.75, 3.05) is 18.4 Å². The number of aryl methyl sites for hydroxylation is 4. The molecule has 0 spiro atoms. The second kappa shape index (κ2) is 8.33. The van der Waals surface area contributed by atoms with Crippen molar-refractivity contribution in [3.63, 3.8) is 0 Å². The lowest BCUT2D eigenvalue weighted by atomic mass is 10.1. The first-order valence-corrected chi connectivity index (χ1v) is 9.88. The summed E-state index contributed by atoms with van der Waals surface area (Å²) in [6, 6.07) is 11.4. The zero-order valence-electron chi connectivity index (χ0n) is 15.6. The fraction of sp³-hybridized carbons (Fsp3) is 0.316. The fourth-order valence-electron chi connectivity index (χ4n) is 2.67. The Kier molecular flexibility index (Phi) is 6.39. The standard InChI is InChI=1S/C19H26N4O2S/c1-13-5-6-16(4)18(12-13)26(24,25)22-8-7-21-19(20)23-17-10-14(2)9-15(3)11-17/h5-6,9-12,22H,7-8H2,1-4H3,(H3,20,21,23). The molecule has 0 unspecified atom stereocenters. The molecule has 0 aliphatic rings. The monoisotopic (exact) mass is 374 g/mol. The quantitative estimate of drug-likeness (QED) is 0.411. The maximum absolute atomic E-state index is 12.4. The van der Waals surface area contributed by atoms with Crippen LogP contribution in [0.3, 0.4) is 0 Å². The van der Waals surface area contributed by atoms with Gasteiger partial charge < -0.3 is 11.1 Å². The molecule has 2 rings (SSSR count). The van der Waals surface area contributed by atoms with E-state index in [-0.39, 0.29) is 19.0 Å². The lowest BCUT2D eigenvalue weighted by molar-refractivity contribution is 0.581. The second-order valence-corrected chi connectivity index (χ2v) is 8.17. The lowest BCUT2D eigenvalue weighted by Crippen LogP contribution is -2.29. The number of hydrogen-bond acceptors (Lipinski definition) is 3. The molecule has 6 nitrogen and oxygen atoms in total. The zero-order chi connectivity index (χ0) is 19.3. The van der Waals surface area contributed by atoms with E-state index in [1.807, 2.05) is 39.0 Å². The number of nitrogens with two attached hydrogens (primary N) is 1. The first-order valence-electron chi connectivity index (χ1n) is 8.39. The predicted molar refractivity (Wildman–Crippen MR) is 107 cm³/mol. The maximum Gasteiger partial charge on any atom is 0.240 e. The van der Waals surface area contributed by atoms with Crippen LogP contribution in [0.2, 0.25) is 0 Å². The summed E-state index contributed by atoms with van der Waals surface area (Å²) in [5.41, 5.74) is 10.6. The van der Waals surface area contributed by atoms with E-state index < -0.39 is 10.0 Å². The van der Waals surface area contributed by atoms with E-state index in [2.05, 4.69) is 21.1 Å². The highest BCUT2D eigenvalue weighted by atomic mass is 32.2. The molecule has 2 aromatic rings. The third-order valence-electron chi connectivity index (χ3n) is 3.81. The van der Waals surface area contributed by atoms with Crippen LogP contribution in [0.5, 0.6) is 0 Å². The number of nitrogens with one attached hydrogen (secondary N) is 2. The highest BCUT2D eigenvalue weighted by Gasteiger charge is 2.16. The molecule has 0 radical (unpaired) electrons. The number of aliphatic imine (C=N–C) groups is 1. The van der Waals surface area contributed by atoms with Crippen molar-refractivity contribution in [2.24, 2.45) is 10.7 Å². The summed E-state index contributed by atoms with van der Waals surface area (Å²) in [6.45, 7) is 8.07. The molecule has 4 N–H and O–H groups in total. The smallest absolute Gasteiger partial charge is 0.240 e. The largest absolute Gasteiger partial charge is 0.370 e. The van der Waals surface area contributed by atoms with E-state index in [0.29, 0.717) is 10.5 Å². The summed E-state index contributed by atoms with van der Waals surface area (Å²) in [7, 11) is -3.56. The molecule has 0 atom stereocenters. The SMILES string of the molecule is Cc1cc(C)cc(NC(N)=NCCNS(=O)(=O)c2cc(C)ccc2C)c1. The van der Waals surface area contributed by atoms with Gasteiger partial charge in [0, 0.05) is 12.2 Å². The molecule has 2 aromatic carbocycles. The van der Waals surface area contributed by atoms with Gasteiger partial charge in [-0.25, -0.2) is 13.1 Å². The highest BCUT2D eigenvalue weighted by molar-refractivity contribution is 7.89. The van der Waals surface area contributed by atoms with E-state index in [9.17, 15) is 8.42 Å². The van der Waals surface area contributed by atoms with Crippen molar-refractivity contribution in [1.82, 2.24) is 4.72 Å². The molecule has 0 saturated carbocycles. The Morgan fingerprint density at radius 3 is 2.31 bits per heavy atom. The van der Waals surface area contributed by atoms with Crippen molar-refractivity contribution >= 4 is 21.7 Å². The third-order valence-corrected chi connectivity index (χ3v) is 5.42. The van der Waals surface area contributed by atoms with Crippen LogP contribution in [0.15, 0.2) is 46.3 Å². The minimum absolute atomic E-state index is 0.172. The first kappa shape index (κ1) is 19.9. The van der Waals surface area contributed by atoms with Gasteiger partial charge in [0.15, 0.2) is 5.96 Å². The number of guanidine groups is 1. The third kappa shape index (κ3) is 5.57. The Morgan fingerprint density at radius 1 is 1.00 bits per heavy atom. The van der Waals surface area contributed by atoms with Gasteiger partial charge in [-0.1, -0.05) is 18.2 Å². The molecule has 0 aliphatic heterocycles. The van der Waals surface area contributed by atoms with E-state index in [1.165, 1.54) is 0 Å². The minimum atomic E-state index is -3.56. The highest BCUT2D eigenvalue weighted by Crippen LogP contribution is 2.16. The van der Waals surface area contributed by atoms with Gasteiger partial charge in [-0.3, -0.25) is 4.99 Å². The number of anilines is 1. The van der Waals surface area contributed by atoms with Gasteiger partial charge >= 0.3 is 0 Å². The molecule has 7 heteroatoms. The number of sulfonamides is 1. The second-order valence-electron chi connectivity index (χ2n) is 6.44. The lowest BCUT2D eigenvalue weighted by Gasteiger charge is -2.10. The van der Waals surface area contributed by atoms with Crippen LogP contribution >= 0.6 is 0 Å². The van der Waals surface area contributed by atoms with Gasteiger partial charge in [-0.05, 0) is 68.1 Å². The summed E-state index contributed by atoms with van der Waals surface area (Å²) in [5, 5.41) is 3.02. The van der Waals surface area contributed by atoms with Crippen LogP contribution in [0, 0.1) is 27.7 Å². The maximum atomic E-state index is 12.4. The molecular weight excluding hydrogens is 348 g/mol. The van der Waals surface area contributed by atoms with E-state index in [0.717, 1.165) is 22.4 Å². The number of hydrogen-bond donors (Lipinski definition) is 3. The Morgan fingerprint density at radius 2 is 1.65 bits per heavy atom. The minimum Gasteiger partial charge on any atom is -0.370 e. The normalized spacial score (nSPS) is 12.2. The molecule has 0 heterocycles. The van der Waals surface area contributed by atoms with Crippen molar-refractivity contribution in [3.05, 3.63) is 58.7 Å². The molecule has 0 amide bonds. The average molecular weight is 375 g/mol. The van der Waals surface area contributed by atoms with E-state index in [4.69, 9.17) is 5.73 Å². The Balaban J connectivity index is 1.94. The van der Waals surface area contributed by atoms with Crippen molar-refractivity contribution in [3.8, 4) is 0 Å². The molecule has 0 aliphatic carbocycles. The van der Waals surface area contributed by atoms with Gasteiger partial charge in [0.05, 0.1) is 11.4 Å². The topological polar surface area (TPSA) is 96.6 Å². The van der Waals surface area contributed by atoms with Crippen LogP contribution in [-0.2, 0) is 10.0 Å². The molecule has 0 saturated heterocycles. The van der Waals surface area contributed by atoms with Gasteiger partial charge in [-0.15, -0.1) is 0 Å². The Bertz CT molecular complexity index is 901. The predicted octanol–water partition coefficient (Wildman–Crippen LogP) is 2.63. The number of benzene rings is 2. The number of rotatable bonds is 6. The fourth-order valence-corrected chi connectivity index (χ4v) is 4.01. The molecule has 0 bridgehead atoms. The van der Waals surface area contributed by atoms with Crippen LogP contribution in [0.1, 0.15) is 22.3 Å². The molecule has 0 fully saturated rings. The summed E-state index contributed by atoms with van der Waals surface area (Å²) in [5.74, 6) is 0.251. The summed E-state index contributed by atoms with van der Waals surface area (Å²) < 4.78 is 27.4. The Labute approximate surface area is 155 Å². The number of nitrogens with zero attached hydrogens (tertiary/aromatic N) is 1. The van der Waals surface area contributed by atoms with Crippen molar-refractivity contribution < 1.29 is 8.42 Å². The Hall–Kier alpha value is -2.38. The van der Waals surface area contributed by atoms with Crippen LogP contribution < -0.4 is 15.8 Å². The van der Waals surface area contributed by atoms with Crippen LogP contribution in [0.4, 0.5) is 5.69 Å². The van der Waals surface area contributed by atoms with Crippen molar-refractivity contribution in [2.45, 2.75) is 32.6 Å². The first-order chi connectivity index (χ1) is 12.2. The molecular formula is C19H26N4O2S. The van der Waals surface area contributed by atoms with Gasteiger partial charge in [0.2, 0.25) is 10.0 Å². The van der Waals surface area contributed by atoms with E-state index >= 15 is 0 Å². The van der Waals surface area contributed by atoms with Gasteiger partial charge in [0.1, 0.15) is 0 Å². The van der Waals surface area contributed by atoms with Crippen molar-refractivity contribution in [1.29, 1.82) is 0 Å². The molecule has 0 aromatic heterocycles. The zero-order valence-corrected chi connectivity index (χ0v) is 16.4. The summed E-state index contributed by atoms with van der Waals surface area (Å²) in [6.07, 6.45) is 0. The van der Waals surface area contributed by atoms with Gasteiger partial charge in [-0.2, -0.15) is 0 Å². The van der Waals surface area contributed by atoms with Gasteiger partial charge in [0.25, 0.3) is 0 Å². The van der Waals surface area contributed by atoms with Crippen LogP contribution in [-0.4, -0.2) is 27.5 Å². The average Bonchev–Trinajstić information content (AvgIpc) is 2.53. The summed E-state index contributed by atoms with van der Waals surface area (Å²) in [4.78, 5) is 4.47. The molecule has 26 heavy (non-hydrogen) atoms.